The van der Waals surface area contributed by atoms with Crippen molar-refractivity contribution >= 4 is 11.0 Å². The molecule has 0 bridgehead atoms. The Labute approximate surface area is 117 Å². The number of aromatic nitrogens is 2. The van der Waals surface area contributed by atoms with Crippen LogP contribution in [0, 0.1) is 0 Å². The Morgan fingerprint density at radius 1 is 1.15 bits per heavy atom. The smallest absolute Gasteiger partial charge is 0.283 e. The van der Waals surface area contributed by atoms with E-state index >= 15 is 0 Å². The van der Waals surface area contributed by atoms with Crippen molar-refractivity contribution in [1.82, 2.24) is 15.5 Å². The van der Waals surface area contributed by atoms with Crippen molar-refractivity contribution in [3.63, 3.8) is 0 Å². The van der Waals surface area contributed by atoms with Gasteiger partial charge in [0.15, 0.2) is 5.76 Å². The second kappa shape index (κ2) is 5.46. The predicted molar refractivity (Wildman–Crippen MR) is 76.2 cm³/mol. The number of nitrogens with zero attached hydrogens (tertiary/aromatic N) is 2. The van der Waals surface area contributed by atoms with E-state index in [0.29, 0.717) is 17.5 Å². The molecule has 0 aliphatic carbocycles. The van der Waals surface area contributed by atoms with Crippen LogP contribution < -0.4 is 5.32 Å². The first-order valence-corrected chi connectivity index (χ1v) is 6.87. The van der Waals surface area contributed by atoms with E-state index in [2.05, 4.69) is 29.4 Å². The second-order valence-corrected chi connectivity index (χ2v) is 4.61. The first kappa shape index (κ1) is 12.9. The summed E-state index contributed by atoms with van der Waals surface area (Å²) in [5.41, 5.74) is 0.820. The van der Waals surface area contributed by atoms with Crippen LogP contribution >= 0.6 is 0 Å². The van der Waals surface area contributed by atoms with Crippen molar-refractivity contribution in [2.45, 2.75) is 26.3 Å². The fraction of sp³-hybridized carbons (Fsp3) is 0.333. The summed E-state index contributed by atoms with van der Waals surface area (Å²) in [5.74, 6) is 1.63. The van der Waals surface area contributed by atoms with Crippen molar-refractivity contribution in [3.05, 3.63) is 36.2 Å². The van der Waals surface area contributed by atoms with Gasteiger partial charge in [0.05, 0.1) is 6.04 Å². The minimum absolute atomic E-state index is 0.0885. The van der Waals surface area contributed by atoms with Gasteiger partial charge >= 0.3 is 0 Å². The van der Waals surface area contributed by atoms with Gasteiger partial charge in [0.2, 0.25) is 5.89 Å². The highest BCUT2D eigenvalue weighted by Crippen LogP contribution is 2.28. The quantitative estimate of drug-likeness (QED) is 0.768. The van der Waals surface area contributed by atoms with Crippen LogP contribution in [0.3, 0.4) is 0 Å². The average molecular weight is 271 g/mol. The molecule has 3 aromatic rings. The van der Waals surface area contributed by atoms with Gasteiger partial charge in [-0.05, 0) is 25.1 Å². The zero-order chi connectivity index (χ0) is 13.9. The van der Waals surface area contributed by atoms with Gasteiger partial charge in [0, 0.05) is 5.39 Å². The fourth-order valence-corrected chi connectivity index (χ4v) is 2.21. The van der Waals surface area contributed by atoms with Crippen LogP contribution in [0.4, 0.5) is 0 Å². The Hall–Kier alpha value is -2.14. The van der Waals surface area contributed by atoms with Crippen LogP contribution in [-0.2, 0) is 0 Å². The van der Waals surface area contributed by atoms with Crippen LogP contribution in [-0.4, -0.2) is 16.7 Å². The number of rotatable bonds is 5. The maximum Gasteiger partial charge on any atom is 0.283 e. The highest BCUT2D eigenvalue weighted by molar-refractivity contribution is 5.81. The molecule has 0 amide bonds. The van der Waals surface area contributed by atoms with Crippen molar-refractivity contribution in [2.24, 2.45) is 0 Å². The van der Waals surface area contributed by atoms with E-state index in [4.69, 9.17) is 8.83 Å². The van der Waals surface area contributed by atoms with Gasteiger partial charge < -0.3 is 14.2 Å². The molecular formula is C15H17N3O2. The van der Waals surface area contributed by atoms with Crippen LogP contribution in [0.25, 0.3) is 22.6 Å². The molecule has 2 heterocycles. The van der Waals surface area contributed by atoms with Crippen molar-refractivity contribution < 1.29 is 8.83 Å². The lowest BCUT2D eigenvalue weighted by Crippen LogP contribution is -2.20. The SMILES string of the molecule is CCNC(CC)c1nnc(-c2cc3ccccc3o2)o1. The molecule has 0 aliphatic rings. The zero-order valence-electron chi connectivity index (χ0n) is 11.6. The standard InChI is InChI=1S/C15H17N3O2/c1-3-11(16-4-2)14-17-18-15(20-14)13-9-10-7-5-6-8-12(10)19-13/h5-9,11,16H,3-4H2,1-2H3. The molecule has 5 nitrogen and oxygen atoms in total. The number of hydrogen-bond acceptors (Lipinski definition) is 5. The van der Waals surface area contributed by atoms with E-state index < -0.39 is 0 Å². The van der Waals surface area contributed by atoms with Gasteiger partial charge in [-0.1, -0.05) is 32.0 Å². The van der Waals surface area contributed by atoms with Crippen molar-refractivity contribution in [1.29, 1.82) is 0 Å². The highest BCUT2D eigenvalue weighted by Gasteiger charge is 2.18. The molecule has 1 atom stereocenters. The zero-order valence-corrected chi connectivity index (χ0v) is 11.6. The third-order valence-corrected chi connectivity index (χ3v) is 3.23. The van der Waals surface area contributed by atoms with Crippen LogP contribution in [0.1, 0.15) is 32.2 Å². The minimum Gasteiger partial charge on any atom is -0.451 e. The second-order valence-electron chi connectivity index (χ2n) is 4.61. The Kier molecular flexibility index (Phi) is 3.52. The third kappa shape index (κ3) is 2.32. The first-order valence-electron chi connectivity index (χ1n) is 6.87. The Bertz CT molecular complexity index is 669. The summed E-state index contributed by atoms with van der Waals surface area (Å²) in [7, 11) is 0. The lowest BCUT2D eigenvalue weighted by Gasteiger charge is -2.09. The average Bonchev–Trinajstić information content (AvgIpc) is 3.10. The molecule has 0 radical (unpaired) electrons. The van der Waals surface area contributed by atoms with E-state index in [0.717, 1.165) is 23.9 Å². The monoisotopic (exact) mass is 271 g/mol. The molecule has 20 heavy (non-hydrogen) atoms. The summed E-state index contributed by atoms with van der Waals surface area (Å²) in [5, 5.41) is 12.5. The van der Waals surface area contributed by atoms with Gasteiger partial charge in [-0.3, -0.25) is 0 Å². The maximum atomic E-state index is 5.73. The number of nitrogens with one attached hydrogen (secondary N) is 1. The Balaban J connectivity index is 1.92. The van der Waals surface area contributed by atoms with Crippen LogP contribution in [0.15, 0.2) is 39.2 Å². The summed E-state index contributed by atoms with van der Waals surface area (Å²) in [6, 6.07) is 9.83. The van der Waals surface area contributed by atoms with Gasteiger partial charge in [0.25, 0.3) is 5.89 Å². The summed E-state index contributed by atoms with van der Waals surface area (Å²) in [6.45, 7) is 5.00. The molecule has 0 saturated carbocycles. The summed E-state index contributed by atoms with van der Waals surface area (Å²) in [6.07, 6.45) is 0.898. The number of benzene rings is 1. The van der Waals surface area contributed by atoms with E-state index in [-0.39, 0.29) is 6.04 Å². The lowest BCUT2D eigenvalue weighted by molar-refractivity contribution is 0.397. The Morgan fingerprint density at radius 3 is 2.75 bits per heavy atom. The molecule has 5 heteroatoms. The molecule has 104 valence electrons. The fourth-order valence-electron chi connectivity index (χ4n) is 2.21. The van der Waals surface area contributed by atoms with E-state index in [9.17, 15) is 0 Å². The molecule has 1 unspecified atom stereocenters. The molecule has 3 rings (SSSR count). The van der Waals surface area contributed by atoms with E-state index in [1.54, 1.807) is 0 Å². The van der Waals surface area contributed by atoms with Gasteiger partial charge in [-0.2, -0.15) is 0 Å². The van der Waals surface area contributed by atoms with Crippen LogP contribution in [0.5, 0.6) is 0 Å². The summed E-state index contributed by atoms with van der Waals surface area (Å²) < 4.78 is 11.5. The molecule has 0 aliphatic heterocycles. The van der Waals surface area contributed by atoms with E-state index in [1.807, 2.05) is 30.3 Å². The van der Waals surface area contributed by atoms with Crippen LogP contribution in [0.2, 0.25) is 0 Å². The number of fused-ring (bicyclic) bond motifs is 1. The number of para-hydroxylation sites is 1. The topological polar surface area (TPSA) is 64.1 Å². The molecule has 0 spiro atoms. The molecule has 2 aromatic heterocycles. The first-order chi connectivity index (χ1) is 9.81. The molecule has 1 N–H and O–H groups in total. The minimum atomic E-state index is 0.0885. The van der Waals surface area contributed by atoms with E-state index in [1.165, 1.54) is 0 Å². The highest BCUT2D eigenvalue weighted by atomic mass is 16.4. The van der Waals surface area contributed by atoms with Gasteiger partial charge in [-0.25, -0.2) is 0 Å². The third-order valence-electron chi connectivity index (χ3n) is 3.23. The Morgan fingerprint density at radius 2 is 2.00 bits per heavy atom. The van der Waals surface area contributed by atoms with Gasteiger partial charge in [-0.15, -0.1) is 10.2 Å². The van der Waals surface area contributed by atoms with Crippen molar-refractivity contribution in [3.8, 4) is 11.7 Å². The normalized spacial score (nSPS) is 12.9. The molecule has 1 aromatic carbocycles. The molecular weight excluding hydrogens is 254 g/mol. The maximum absolute atomic E-state index is 5.73. The predicted octanol–water partition coefficient (Wildman–Crippen LogP) is 3.54. The number of furan rings is 1. The largest absolute Gasteiger partial charge is 0.451 e. The summed E-state index contributed by atoms with van der Waals surface area (Å²) in [4.78, 5) is 0. The number of hydrogen-bond donors (Lipinski definition) is 1. The molecule has 0 fully saturated rings. The van der Waals surface area contributed by atoms with Crippen molar-refractivity contribution in [2.75, 3.05) is 6.54 Å². The lowest BCUT2D eigenvalue weighted by atomic mass is 10.2. The van der Waals surface area contributed by atoms with Gasteiger partial charge in [0.1, 0.15) is 5.58 Å². The molecule has 0 saturated heterocycles. The summed E-state index contributed by atoms with van der Waals surface area (Å²) >= 11 is 0.